The Balaban J connectivity index is 2.18. The van der Waals surface area contributed by atoms with E-state index in [1.807, 2.05) is 0 Å². The first-order chi connectivity index (χ1) is 7.68. The first-order valence-corrected chi connectivity index (χ1v) is 4.89. The van der Waals surface area contributed by atoms with Crippen molar-refractivity contribution in [1.82, 2.24) is 0 Å². The third kappa shape index (κ3) is 1.10. The summed E-state index contributed by atoms with van der Waals surface area (Å²) in [6.45, 7) is 0. The number of hydrogen-bond donors (Lipinski definition) is 1. The average Bonchev–Trinajstić information content (AvgIpc) is 2.65. The molecule has 1 aliphatic heterocycles. The van der Waals surface area contributed by atoms with Crippen molar-refractivity contribution in [3.8, 4) is 11.5 Å². The smallest absolute Gasteiger partial charge is 0.207 e. The van der Waals surface area contributed by atoms with Crippen molar-refractivity contribution >= 4 is 5.57 Å². The SMILES string of the molecule is Oc1ccc2c(c1F)OC1C2=CC=CC1F. The Morgan fingerprint density at radius 3 is 2.94 bits per heavy atom. The molecular weight excluding hydrogens is 214 g/mol. The zero-order chi connectivity index (χ0) is 11.3. The minimum atomic E-state index is -1.28. The Labute approximate surface area is 90.5 Å². The van der Waals surface area contributed by atoms with Crippen LogP contribution >= 0.6 is 0 Å². The van der Waals surface area contributed by atoms with Crippen LogP contribution in [-0.4, -0.2) is 17.4 Å². The van der Waals surface area contributed by atoms with E-state index in [9.17, 15) is 13.9 Å². The molecular formula is C12H8F2O2. The highest BCUT2D eigenvalue weighted by Crippen LogP contribution is 2.44. The fraction of sp³-hybridized carbons (Fsp3) is 0.167. The Kier molecular flexibility index (Phi) is 1.80. The summed E-state index contributed by atoms with van der Waals surface area (Å²) in [6.07, 6.45) is 2.56. The summed E-state index contributed by atoms with van der Waals surface area (Å²) < 4.78 is 32.2. The fourth-order valence-corrected chi connectivity index (χ4v) is 2.02. The zero-order valence-corrected chi connectivity index (χ0v) is 8.15. The number of benzene rings is 1. The number of alkyl halides is 1. The van der Waals surface area contributed by atoms with Crippen LogP contribution in [0, 0.1) is 5.82 Å². The second-order valence-corrected chi connectivity index (χ2v) is 3.77. The van der Waals surface area contributed by atoms with Crippen LogP contribution in [0.1, 0.15) is 5.56 Å². The molecule has 0 spiro atoms. The molecule has 0 bridgehead atoms. The summed E-state index contributed by atoms with van der Waals surface area (Å²) in [4.78, 5) is 0. The van der Waals surface area contributed by atoms with E-state index >= 15 is 0 Å². The van der Waals surface area contributed by atoms with Crippen LogP contribution in [0.3, 0.4) is 0 Å². The maximum absolute atomic E-state index is 13.5. The van der Waals surface area contributed by atoms with E-state index in [1.54, 1.807) is 12.2 Å². The molecule has 2 unspecified atom stereocenters. The normalized spacial score (nSPS) is 25.8. The molecule has 0 aromatic heterocycles. The van der Waals surface area contributed by atoms with E-state index in [1.165, 1.54) is 18.2 Å². The van der Waals surface area contributed by atoms with E-state index in [0.29, 0.717) is 11.1 Å². The molecule has 1 aromatic carbocycles. The van der Waals surface area contributed by atoms with Crippen molar-refractivity contribution in [2.45, 2.75) is 12.3 Å². The Bertz CT molecular complexity index is 520. The van der Waals surface area contributed by atoms with Crippen molar-refractivity contribution in [3.63, 3.8) is 0 Å². The van der Waals surface area contributed by atoms with Gasteiger partial charge in [0.05, 0.1) is 0 Å². The van der Waals surface area contributed by atoms with Gasteiger partial charge in [-0.15, -0.1) is 0 Å². The molecule has 0 saturated carbocycles. The third-order valence-corrected chi connectivity index (χ3v) is 2.80. The second kappa shape index (κ2) is 3.07. The summed E-state index contributed by atoms with van der Waals surface area (Å²) in [5, 5.41) is 9.20. The number of rotatable bonds is 0. The van der Waals surface area contributed by atoms with E-state index < -0.39 is 23.8 Å². The van der Waals surface area contributed by atoms with Crippen LogP contribution in [-0.2, 0) is 0 Å². The highest BCUT2D eigenvalue weighted by Gasteiger charge is 2.37. The van der Waals surface area contributed by atoms with Crippen LogP contribution in [0.25, 0.3) is 5.57 Å². The van der Waals surface area contributed by atoms with Crippen molar-refractivity contribution in [2.75, 3.05) is 0 Å². The largest absolute Gasteiger partial charge is 0.505 e. The lowest BCUT2D eigenvalue weighted by molar-refractivity contribution is 0.178. The van der Waals surface area contributed by atoms with Crippen molar-refractivity contribution in [1.29, 1.82) is 0 Å². The Hall–Kier alpha value is -1.84. The summed E-state index contributed by atoms with van der Waals surface area (Å²) >= 11 is 0. The monoisotopic (exact) mass is 222 g/mol. The van der Waals surface area contributed by atoms with Crippen LogP contribution in [0.2, 0.25) is 0 Å². The van der Waals surface area contributed by atoms with Gasteiger partial charge in [0.2, 0.25) is 5.82 Å². The van der Waals surface area contributed by atoms with Crippen LogP contribution in [0.4, 0.5) is 8.78 Å². The van der Waals surface area contributed by atoms with Gasteiger partial charge in [-0.05, 0) is 18.2 Å². The highest BCUT2D eigenvalue weighted by atomic mass is 19.1. The number of phenols is 1. The second-order valence-electron chi connectivity index (χ2n) is 3.77. The average molecular weight is 222 g/mol. The summed E-state index contributed by atoms with van der Waals surface area (Å²) in [7, 11) is 0. The highest BCUT2D eigenvalue weighted by molar-refractivity contribution is 5.80. The quantitative estimate of drug-likeness (QED) is 0.731. The maximum Gasteiger partial charge on any atom is 0.207 e. The topological polar surface area (TPSA) is 29.5 Å². The van der Waals surface area contributed by atoms with Crippen LogP contribution in [0.15, 0.2) is 30.4 Å². The number of halogens is 2. The van der Waals surface area contributed by atoms with Gasteiger partial charge in [0, 0.05) is 11.1 Å². The van der Waals surface area contributed by atoms with Gasteiger partial charge in [0.15, 0.2) is 23.8 Å². The van der Waals surface area contributed by atoms with Crippen LogP contribution < -0.4 is 4.74 Å². The fourth-order valence-electron chi connectivity index (χ4n) is 2.02. The zero-order valence-electron chi connectivity index (χ0n) is 8.15. The first kappa shape index (κ1) is 9.39. The molecule has 82 valence electrons. The lowest BCUT2D eigenvalue weighted by Gasteiger charge is -2.16. The lowest BCUT2D eigenvalue weighted by Crippen LogP contribution is -2.25. The number of allylic oxidation sites excluding steroid dienone is 2. The number of ether oxygens (including phenoxy) is 1. The molecule has 16 heavy (non-hydrogen) atoms. The molecule has 0 amide bonds. The third-order valence-electron chi connectivity index (χ3n) is 2.80. The molecule has 0 radical (unpaired) electrons. The first-order valence-electron chi connectivity index (χ1n) is 4.89. The molecule has 1 heterocycles. The standard InChI is InChI=1S/C12H8F2O2/c13-8-3-1-2-6-7-4-5-9(15)10(14)12(7)16-11(6)8/h1-5,8,11,15H. The number of fused-ring (bicyclic) bond motifs is 3. The van der Waals surface area contributed by atoms with E-state index in [0.717, 1.165) is 0 Å². The molecule has 2 nitrogen and oxygen atoms in total. The van der Waals surface area contributed by atoms with Gasteiger partial charge < -0.3 is 9.84 Å². The van der Waals surface area contributed by atoms with Gasteiger partial charge in [-0.25, -0.2) is 4.39 Å². The summed E-state index contributed by atoms with van der Waals surface area (Å²) in [6, 6.07) is 2.78. The van der Waals surface area contributed by atoms with E-state index in [-0.39, 0.29) is 5.75 Å². The predicted octanol–water partition coefficient (Wildman–Crippen LogP) is 2.58. The van der Waals surface area contributed by atoms with Gasteiger partial charge in [0.1, 0.15) is 0 Å². The maximum atomic E-state index is 13.5. The van der Waals surface area contributed by atoms with Gasteiger partial charge in [0.25, 0.3) is 0 Å². The number of aromatic hydroxyl groups is 1. The molecule has 1 aliphatic carbocycles. The van der Waals surface area contributed by atoms with E-state index in [4.69, 9.17) is 4.74 Å². The molecule has 4 heteroatoms. The van der Waals surface area contributed by atoms with Gasteiger partial charge in [-0.1, -0.05) is 12.2 Å². The summed E-state index contributed by atoms with van der Waals surface area (Å²) in [5.41, 5.74) is 1.12. The Morgan fingerprint density at radius 2 is 2.12 bits per heavy atom. The predicted molar refractivity (Wildman–Crippen MR) is 54.5 cm³/mol. The van der Waals surface area contributed by atoms with Crippen molar-refractivity contribution < 1.29 is 18.6 Å². The molecule has 0 saturated heterocycles. The molecule has 1 aromatic rings. The number of hydrogen-bond acceptors (Lipinski definition) is 2. The molecule has 0 fully saturated rings. The van der Waals surface area contributed by atoms with Crippen molar-refractivity contribution in [2.24, 2.45) is 0 Å². The van der Waals surface area contributed by atoms with Gasteiger partial charge in [-0.2, -0.15) is 4.39 Å². The molecule has 2 atom stereocenters. The van der Waals surface area contributed by atoms with Crippen molar-refractivity contribution in [3.05, 3.63) is 41.7 Å². The van der Waals surface area contributed by atoms with Crippen LogP contribution in [0.5, 0.6) is 11.5 Å². The lowest BCUT2D eigenvalue weighted by atomic mass is 9.95. The van der Waals surface area contributed by atoms with Gasteiger partial charge in [-0.3, -0.25) is 0 Å². The summed E-state index contributed by atoms with van der Waals surface area (Å²) in [5.74, 6) is -1.39. The van der Waals surface area contributed by atoms with Gasteiger partial charge >= 0.3 is 0 Å². The minimum absolute atomic E-state index is 0.0670. The molecule has 3 rings (SSSR count). The molecule has 1 N–H and O–H groups in total. The Morgan fingerprint density at radius 1 is 1.31 bits per heavy atom. The number of phenolic OH excluding ortho intramolecular Hbond substituents is 1. The minimum Gasteiger partial charge on any atom is -0.505 e. The molecule has 2 aliphatic rings. The van der Waals surface area contributed by atoms with E-state index in [2.05, 4.69) is 0 Å².